The van der Waals surface area contributed by atoms with Crippen molar-refractivity contribution < 1.29 is 0 Å². The minimum absolute atomic E-state index is 0.619. The minimum Gasteiger partial charge on any atom is -0.192 e. The molecule has 0 N–H and O–H groups in total. The van der Waals surface area contributed by atoms with Gasteiger partial charge in [-0.25, -0.2) is 0 Å². The molecule has 1 aliphatic rings. The third-order valence-corrected chi connectivity index (χ3v) is 3.03. The Hall–Kier alpha value is -1.00. The topological polar surface area (TPSA) is 23.8 Å². The fourth-order valence-corrected chi connectivity index (χ4v) is 2.03. The van der Waals surface area contributed by atoms with Crippen molar-refractivity contribution >= 4 is 11.6 Å². The smallest absolute Gasteiger partial charge is 0.101 e. The molecule has 0 atom stereocenters. The summed E-state index contributed by atoms with van der Waals surface area (Å²) in [5.41, 5.74) is 3.05. The highest BCUT2D eigenvalue weighted by Crippen LogP contribution is 2.41. The summed E-state index contributed by atoms with van der Waals surface area (Å²) in [5.74, 6) is 0.700. The summed E-state index contributed by atoms with van der Waals surface area (Å²) in [4.78, 5) is 0. The van der Waals surface area contributed by atoms with Crippen LogP contribution in [0.25, 0.3) is 0 Å². The van der Waals surface area contributed by atoms with Crippen LogP contribution in [0.5, 0.6) is 0 Å². The molecule has 2 heteroatoms. The van der Waals surface area contributed by atoms with Gasteiger partial charge >= 0.3 is 0 Å². The summed E-state index contributed by atoms with van der Waals surface area (Å²) in [6, 6.07) is 6.27. The van der Waals surface area contributed by atoms with E-state index in [1.54, 1.807) is 0 Å². The standard InChI is InChI=1S/C12H12ClN/c1-2-8-5-10(9-3-4-9)6-12(13)11(8)7-14/h5-6,9H,2-4H2,1H3. The maximum absolute atomic E-state index is 8.94. The molecule has 14 heavy (non-hydrogen) atoms. The summed E-state index contributed by atoms with van der Waals surface area (Å²) in [5, 5.41) is 9.56. The molecule has 0 amide bonds. The molecular formula is C12H12ClN. The molecular weight excluding hydrogens is 194 g/mol. The Morgan fingerprint density at radius 3 is 2.71 bits per heavy atom. The number of halogens is 1. The SMILES string of the molecule is CCc1cc(C2CC2)cc(Cl)c1C#N. The Kier molecular flexibility index (Phi) is 2.48. The molecule has 0 saturated heterocycles. The number of nitriles is 1. The van der Waals surface area contributed by atoms with Crippen molar-refractivity contribution in [2.24, 2.45) is 0 Å². The predicted octanol–water partition coefficient (Wildman–Crippen LogP) is 3.65. The normalized spacial score (nSPS) is 15.2. The molecule has 0 spiro atoms. The van der Waals surface area contributed by atoms with Gasteiger partial charge in [-0.1, -0.05) is 24.6 Å². The lowest BCUT2D eigenvalue weighted by Gasteiger charge is -2.06. The van der Waals surface area contributed by atoms with E-state index in [-0.39, 0.29) is 0 Å². The molecule has 72 valence electrons. The Morgan fingerprint density at radius 1 is 1.50 bits per heavy atom. The van der Waals surface area contributed by atoms with Crippen LogP contribution in [0.1, 0.15) is 42.4 Å². The Morgan fingerprint density at radius 2 is 2.21 bits per heavy atom. The highest BCUT2D eigenvalue weighted by molar-refractivity contribution is 6.31. The number of aryl methyl sites for hydroxylation is 1. The van der Waals surface area contributed by atoms with Gasteiger partial charge in [0.2, 0.25) is 0 Å². The molecule has 0 aliphatic heterocycles. The van der Waals surface area contributed by atoms with Gasteiger partial charge in [0.15, 0.2) is 0 Å². The first-order valence-electron chi connectivity index (χ1n) is 4.98. The first-order chi connectivity index (χ1) is 6.76. The second kappa shape index (κ2) is 3.63. The van der Waals surface area contributed by atoms with Crippen molar-refractivity contribution in [3.05, 3.63) is 33.8 Å². The molecule has 1 aromatic carbocycles. The van der Waals surface area contributed by atoms with Crippen LogP contribution in [0, 0.1) is 11.3 Å². The van der Waals surface area contributed by atoms with E-state index < -0.39 is 0 Å². The van der Waals surface area contributed by atoms with Crippen molar-refractivity contribution in [2.75, 3.05) is 0 Å². The van der Waals surface area contributed by atoms with E-state index in [1.807, 2.05) is 6.07 Å². The predicted molar refractivity (Wildman–Crippen MR) is 57.5 cm³/mol. The molecule has 0 aromatic heterocycles. The molecule has 1 aliphatic carbocycles. The second-order valence-corrected chi connectivity index (χ2v) is 4.18. The van der Waals surface area contributed by atoms with E-state index in [0.29, 0.717) is 16.5 Å². The lowest BCUT2D eigenvalue weighted by atomic mass is 10.0. The van der Waals surface area contributed by atoms with Gasteiger partial charge in [0.25, 0.3) is 0 Å². The summed E-state index contributed by atoms with van der Waals surface area (Å²) in [7, 11) is 0. The largest absolute Gasteiger partial charge is 0.192 e. The van der Waals surface area contributed by atoms with Crippen molar-refractivity contribution in [1.29, 1.82) is 5.26 Å². The Bertz CT molecular complexity index is 400. The summed E-state index contributed by atoms with van der Waals surface area (Å²) in [6.45, 7) is 2.06. The summed E-state index contributed by atoms with van der Waals surface area (Å²) >= 11 is 6.06. The molecule has 2 rings (SSSR count). The van der Waals surface area contributed by atoms with E-state index in [9.17, 15) is 0 Å². The molecule has 1 fully saturated rings. The fourth-order valence-electron chi connectivity index (χ4n) is 1.74. The van der Waals surface area contributed by atoms with Crippen molar-refractivity contribution in [3.8, 4) is 6.07 Å². The fraction of sp³-hybridized carbons (Fsp3) is 0.417. The van der Waals surface area contributed by atoms with Crippen LogP contribution in [0.15, 0.2) is 12.1 Å². The zero-order chi connectivity index (χ0) is 10.1. The number of hydrogen-bond acceptors (Lipinski definition) is 1. The van der Waals surface area contributed by atoms with Crippen molar-refractivity contribution in [2.45, 2.75) is 32.1 Å². The molecule has 0 heterocycles. The van der Waals surface area contributed by atoms with E-state index in [1.165, 1.54) is 18.4 Å². The third-order valence-electron chi connectivity index (χ3n) is 2.74. The number of rotatable bonds is 2. The van der Waals surface area contributed by atoms with Gasteiger partial charge < -0.3 is 0 Å². The van der Waals surface area contributed by atoms with E-state index >= 15 is 0 Å². The number of hydrogen-bond donors (Lipinski definition) is 0. The lowest BCUT2D eigenvalue weighted by Crippen LogP contribution is -1.92. The molecule has 0 radical (unpaired) electrons. The third kappa shape index (κ3) is 1.63. The Labute approximate surface area is 89.3 Å². The summed E-state index contributed by atoms with van der Waals surface area (Å²) in [6.07, 6.45) is 3.42. The number of benzene rings is 1. The molecule has 0 unspecified atom stereocenters. The van der Waals surface area contributed by atoms with Crippen molar-refractivity contribution in [1.82, 2.24) is 0 Å². The molecule has 0 bridgehead atoms. The Balaban J connectivity index is 2.50. The second-order valence-electron chi connectivity index (χ2n) is 3.78. The monoisotopic (exact) mass is 205 g/mol. The van der Waals surface area contributed by atoms with E-state index in [0.717, 1.165) is 12.0 Å². The highest BCUT2D eigenvalue weighted by atomic mass is 35.5. The minimum atomic E-state index is 0.619. The van der Waals surface area contributed by atoms with Gasteiger partial charge in [-0.2, -0.15) is 5.26 Å². The van der Waals surface area contributed by atoms with E-state index in [4.69, 9.17) is 16.9 Å². The van der Waals surface area contributed by atoms with Gasteiger partial charge in [0.05, 0.1) is 10.6 Å². The van der Waals surface area contributed by atoms with Crippen LogP contribution in [-0.4, -0.2) is 0 Å². The van der Waals surface area contributed by atoms with Crippen molar-refractivity contribution in [3.63, 3.8) is 0 Å². The average Bonchev–Trinajstić information content (AvgIpc) is 2.99. The van der Waals surface area contributed by atoms with Crippen LogP contribution < -0.4 is 0 Å². The van der Waals surface area contributed by atoms with Crippen LogP contribution in [0.4, 0.5) is 0 Å². The molecule has 1 aromatic rings. The van der Waals surface area contributed by atoms with Gasteiger partial charge in [-0.3, -0.25) is 0 Å². The van der Waals surface area contributed by atoms with Crippen LogP contribution in [0.3, 0.4) is 0 Å². The zero-order valence-electron chi connectivity index (χ0n) is 8.18. The highest BCUT2D eigenvalue weighted by Gasteiger charge is 2.24. The lowest BCUT2D eigenvalue weighted by molar-refractivity contribution is 1.07. The molecule has 1 nitrogen and oxygen atoms in total. The first kappa shape index (κ1) is 9.55. The maximum Gasteiger partial charge on any atom is 0.101 e. The van der Waals surface area contributed by atoms with E-state index in [2.05, 4.69) is 19.1 Å². The number of nitrogens with zero attached hydrogens (tertiary/aromatic N) is 1. The zero-order valence-corrected chi connectivity index (χ0v) is 8.93. The van der Waals surface area contributed by atoms with Gasteiger partial charge in [0.1, 0.15) is 6.07 Å². The maximum atomic E-state index is 8.94. The van der Waals surface area contributed by atoms with Crippen LogP contribution >= 0.6 is 11.6 Å². The van der Waals surface area contributed by atoms with Crippen LogP contribution in [-0.2, 0) is 6.42 Å². The van der Waals surface area contributed by atoms with Gasteiger partial charge in [0, 0.05) is 0 Å². The quantitative estimate of drug-likeness (QED) is 0.723. The molecule has 1 saturated carbocycles. The first-order valence-corrected chi connectivity index (χ1v) is 5.36. The average molecular weight is 206 g/mol. The van der Waals surface area contributed by atoms with Crippen LogP contribution in [0.2, 0.25) is 5.02 Å². The summed E-state index contributed by atoms with van der Waals surface area (Å²) < 4.78 is 0. The van der Waals surface area contributed by atoms with Gasteiger partial charge in [-0.15, -0.1) is 0 Å². The van der Waals surface area contributed by atoms with Gasteiger partial charge in [-0.05, 0) is 42.4 Å².